The first-order chi connectivity index (χ1) is 13.5. The lowest BCUT2D eigenvalue weighted by Gasteiger charge is -2.30. The van der Waals surface area contributed by atoms with Crippen molar-refractivity contribution in [1.29, 1.82) is 0 Å². The number of nitrogens with two attached hydrogens (primary N) is 1. The van der Waals surface area contributed by atoms with E-state index in [0.717, 1.165) is 0 Å². The summed E-state index contributed by atoms with van der Waals surface area (Å²) >= 11 is 3.09. The molecule has 3 rings (SSSR count). The van der Waals surface area contributed by atoms with Crippen molar-refractivity contribution < 1.29 is 23.8 Å². The molecular formula is C19H22BrFN4O4. The van der Waals surface area contributed by atoms with E-state index in [1.165, 1.54) is 15.6 Å². The van der Waals surface area contributed by atoms with Crippen LogP contribution in [-0.4, -0.2) is 44.0 Å². The van der Waals surface area contributed by atoms with Gasteiger partial charge in [0.2, 0.25) is 0 Å². The van der Waals surface area contributed by atoms with Gasteiger partial charge in [0.25, 0.3) is 0 Å². The van der Waals surface area contributed by atoms with Crippen LogP contribution in [0.4, 0.5) is 14.9 Å². The van der Waals surface area contributed by atoms with E-state index >= 15 is 0 Å². The predicted molar refractivity (Wildman–Crippen MR) is 107 cm³/mol. The summed E-state index contributed by atoms with van der Waals surface area (Å²) in [6.45, 7) is 5.85. The molecule has 0 unspecified atom stereocenters. The van der Waals surface area contributed by atoms with Gasteiger partial charge in [-0.1, -0.05) is 0 Å². The molecule has 0 saturated heterocycles. The number of carboxylic acids is 1. The van der Waals surface area contributed by atoms with Crippen LogP contribution in [0.15, 0.2) is 16.6 Å². The molecule has 1 aliphatic heterocycles. The highest BCUT2D eigenvalue weighted by atomic mass is 79.9. The van der Waals surface area contributed by atoms with Crippen LogP contribution >= 0.6 is 15.9 Å². The van der Waals surface area contributed by atoms with Crippen LogP contribution in [0, 0.1) is 5.82 Å². The van der Waals surface area contributed by atoms with Crippen LogP contribution in [0.2, 0.25) is 0 Å². The summed E-state index contributed by atoms with van der Waals surface area (Å²) in [7, 11) is 0. The Morgan fingerprint density at radius 2 is 2.07 bits per heavy atom. The number of rotatable bonds is 3. The lowest BCUT2D eigenvalue weighted by Crippen LogP contribution is -2.40. The Labute approximate surface area is 175 Å². The number of nitrogens with zero attached hydrogens (tertiary/aromatic N) is 3. The van der Waals surface area contributed by atoms with Gasteiger partial charge < -0.3 is 20.5 Å². The fourth-order valence-corrected chi connectivity index (χ4v) is 3.54. The van der Waals surface area contributed by atoms with Crippen LogP contribution in [0.25, 0.3) is 5.69 Å². The zero-order chi connectivity index (χ0) is 21.5. The van der Waals surface area contributed by atoms with E-state index in [0.29, 0.717) is 35.6 Å². The Balaban J connectivity index is 2.03. The molecule has 1 aromatic carbocycles. The molecule has 0 fully saturated rings. The van der Waals surface area contributed by atoms with E-state index in [9.17, 15) is 19.1 Å². The van der Waals surface area contributed by atoms with Crippen LogP contribution in [0.3, 0.4) is 0 Å². The van der Waals surface area contributed by atoms with Gasteiger partial charge in [-0.25, -0.2) is 13.9 Å². The molecule has 0 spiro atoms. The summed E-state index contributed by atoms with van der Waals surface area (Å²) in [5.74, 6) is -1.67. The van der Waals surface area contributed by atoms with Gasteiger partial charge in [0, 0.05) is 18.5 Å². The molecule has 0 atom stereocenters. The number of aromatic nitrogens is 2. The monoisotopic (exact) mass is 468 g/mol. The molecule has 0 aliphatic carbocycles. The molecule has 3 N–H and O–H groups in total. The normalized spacial score (nSPS) is 13.9. The molecule has 2 aromatic rings. The van der Waals surface area contributed by atoms with Crippen LogP contribution in [0.1, 0.15) is 37.7 Å². The molecule has 8 nitrogen and oxygen atoms in total. The Morgan fingerprint density at radius 3 is 2.69 bits per heavy atom. The van der Waals surface area contributed by atoms with Gasteiger partial charge in [-0.2, -0.15) is 5.10 Å². The number of carbonyl (C=O) groups is 2. The molecule has 10 heteroatoms. The number of aliphatic carboxylic acids is 1. The number of amides is 1. The van der Waals surface area contributed by atoms with Crippen molar-refractivity contribution in [2.24, 2.45) is 0 Å². The zero-order valence-electron chi connectivity index (χ0n) is 16.3. The van der Waals surface area contributed by atoms with E-state index in [4.69, 9.17) is 10.5 Å². The maximum Gasteiger partial charge on any atom is 0.410 e. The Bertz CT molecular complexity index is 984. The lowest BCUT2D eigenvalue weighted by atomic mass is 10.0. The Kier molecular flexibility index (Phi) is 5.57. The third-order valence-corrected chi connectivity index (χ3v) is 5.06. The largest absolute Gasteiger partial charge is 0.481 e. The minimum atomic E-state index is -1.05. The fourth-order valence-electron chi connectivity index (χ4n) is 3.19. The molecule has 0 saturated carbocycles. The van der Waals surface area contributed by atoms with Gasteiger partial charge in [0.05, 0.1) is 40.2 Å². The third kappa shape index (κ3) is 4.36. The second kappa shape index (κ2) is 7.66. The first-order valence-electron chi connectivity index (χ1n) is 9.01. The van der Waals surface area contributed by atoms with Gasteiger partial charge in [-0.05, 0) is 48.8 Å². The van der Waals surface area contributed by atoms with Crippen molar-refractivity contribution in [2.75, 3.05) is 12.3 Å². The van der Waals surface area contributed by atoms with E-state index in [2.05, 4.69) is 21.0 Å². The topological polar surface area (TPSA) is 111 Å². The van der Waals surface area contributed by atoms with Crippen molar-refractivity contribution in [1.82, 2.24) is 14.7 Å². The van der Waals surface area contributed by atoms with E-state index in [1.54, 1.807) is 26.8 Å². The second-order valence-electron chi connectivity index (χ2n) is 7.80. The summed E-state index contributed by atoms with van der Waals surface area (Å²) in [5.41, 5.74) is 7.15. The first kappa shape index (κ1) is 21.1. The minimum Gasteiger partial charge on any atom is -0.481 e. The highest BCUT2D eigenvalue weighted by molar-refractivity contribution is 9.10. The van der Waals surface area contributed by atoms with Gasteiger partial charge in [0.15, 0.2) is 5.82 Å². The minimum absolute atomic E-state index is 0.0962. The first-order valence-corrected chi connectivity index (χ1v) is 9.80. The predicted octanol–water partition coefficient (Wildman–Crippen LogP) is 3.28. The van der Waals surface area contributed by atoms with E-state index in [-0.39, 0.29) is 23.1 Å². The average Bonchev–Trinajstić information content (AvgIpc) is 2.95. The van der Waals surface area contributed by atoms with Crippen molar-refractivity contribution in [3.8, 4) is 5.69 Å². The second-order valence-corrected chi connectivity index (χ2v) is 8.65. The maximum atomic E-state index is 14.3. The maximum absolute atomic E-state index is 14.3. The highest BCUT2D eigenvalue weighted by Gasteiger charge is 2.31. The molecule has 29 heavy (non-hydrogen) atoms. The molecule has 1 aromatic heterocycles. The number of benzene rings is 1. The molecular weight excluding hydrogens is 447 g/mol. The van der Waals surface area contributed by atoms with E-state index in [1.807, 2.05) is 0 Å². The van der Waals surface area contributed by atoms with Crippen LogP contribution < -0.4 is 5.73 Å². The number of hydrogen-bond acceptors (Lipinski definition) is 5. The van der Waals surface area contributed by atoms with Crippen molar-refractivity contribution in [2.45, 2.75) is 45.8 Å². The number of carbonyl (C=O) groups excluding carboxylic acids is 1. The summed E-state index contributed by atoms with van der Waals surface area (Å²) in [5, 5.41) is 13.7. The van der Waals surface area contributed by atoms with Gasteiger partial charge in [-0.15, -0.1) is 0 Å². The van der Waals surface area contributed by atoms with Crippen molar-refractivity contribution in [3.05, 3.63) is 39.4 Å². The molecule has 156 valence electrons. The molecule has 0 radical (unpaired) electrons. The summed E-state index contributed by atoms with van der Waals surface area (Å²) in [6, 6.07) is 3.13. The van der Waals surface area contributed by atoms with E-state index < -0.39 is 23.5 Å². The van der Waals surface area contributed by atoms with Gasteiger partial charge >= 0.3 is 12.1 Å². The lowest BCUT2D eigenvalue weighted by molar-refractivity contribution is -0.136. The summed E-state index contributed by atoms with van der Waals surface area (Å²) in [4.78, 5) is 25.3. The van der Waals surface area contributed by atoms with Crippen LogP contribution in [0.5, 0.6) is 0 Å². The van der Waals surface area contributed by atoms with Gasteiger partial charge in [0.1, 0.15) is 5.60 Å². The number of nitrogen functional groups attached to an aromatic ring is 1. The number of anilines is 1. The highest BCUT2D eigenvalue weighted by Crippen LogP contribution is 2.32. The number of carboxylic acid groups (broad SMARTS) is 1. The number of ether oxygens (including phenoxy) is 1. The van der Waals surface area contributed by atoms with Crippen molar-refractivity contribution in [3.63, 3.8) is 0 Å². The number of fused-ring (bicyclic) bond motifs is 1. The molecule has 1 amide bonds. The Morgan fingerprint density at radius 1 is 1.38 bits per heavy atom. The number of hydrogen-bond donors (Lipinski definition) is 2. The summed E-state index contributed by atoms with van der Waals surface area (Å²) < 4.78 is 21.4. The molecule has 0 bridgehead atoms. The third-order valence-electron chi connectivity index (χ3n) is 4.45. The van der Waals surface area contributed by atoms with Gasteiger partial charge in [-0.3, -0.25) is 4.79 Å². The quantitative estimate of drug-likeness (QED) is 0.668. The zero-order valence-corrected chi connectivity index (χ0v) is 17.9. The number of halogens is 2. The SMILES string of the molecule is CC(C)(C)OC(=O)N1CCc2c(c(CC(=O)O)nn2-c2ccc(Br)c(F)c2N)C1. The standard InChI is InChI=1S/C19H22BrFN4O4/c1-19(2,3)29-18(28)24-7-6-13-10(9-24)12(8-15(26)27)23-25(13)14-5-4-11(20)16(21)17(14)22/h4-5H,6-9,22H2,1-3H3,(H,26,27). The molecule has 1 aliphatic rings. The Hall–Kier alpha value is -2.62. The van der Waals surface area contributed by atoms with Crippen LogP contribution in [-0.2, 0) is 28.9 Å². The average molecular weight is 469 g/mol. The fraction of sp³-hybridized carbons (Fsp3) is 0.421. The molecule has 2 heterocycles. The summed E-state index contributed by atoms with van der Waals surface area (Å²) in [6.07, 6.45) is -0.402. The smallest absolute Gasteiger partial charge is 0.410 e. The van der Waals surface area contributed by atoms with Crippen molar-refractivity contribution >= 4 is 33.7 Å².